The van der Waals surface area contributed by atoms with Crippen molar-refractivity contribution < 1.29 is 22.7 Å². The molecule has 2 bridgehead atoms. The van der Waals surface area contributed by atoms with E-state index >= 15 is 0 Å². The normalized spacial score (nSPS) is 24.2. The fraction of sp³-hybridized carbons (Fsp3) is 0.444. The summed E-state index contributed by atoms with van der Waals surface area (Å²) in [6.45, 7) is 2.38. The van der Waals surface area contributed by atoms with Crippen LogP contribution >= 0.6 is 0 Å². The van der Waals surface area contributed by atoms with E-state index in [2.05, 4.69) is 30.0 Å². The second-order valence-corrected chi connectivity index (χ2v) is 12.2. The molecule has 1 aromatic carbocycles. The zero-order chi connectivity index (χ0) is 27.0. The first-order valence-corrected chi connectivity index (χ1v) is 14.8. The van der Waals surface area contributed by atoms with Crippen LogP contribution in [0.4, 0.5) is 11.6 Å². The van der Waals surface area contributed by atoms with Gasteiger partial charge in [0.05, 0.1) is 53.3 Å². The van der Waals surface area contributed by atoms with E-state index in [-0.39, 0.29) is 24.1 Å². The van der Waals surface area contributed by atoms with E-state index in [9.17, 15) is 13.2 Å². The fourth-order valence-electron chi connectivity index (χ4n) is 5.39. The Morgan fingerprint density at radius 2 is 1.79 bits per heavy atom. The lowest BCUT2D eigenvalue weighted by Gasteiger charge is -2.39. The summed E-state index contributed by atoms with van der Waals surface area (Å²) in [6.07, 6.45) is 8.54. The molecule has 2 unspecified atom stereocenters. The largest absolute Gasteiger partial charge is 0.477 e. The van der Waals surface area contributed by atoms with Crippen LogP contribution in [-0.2, 0) is 25.0 Å². The molecular formula is C27H30N6O5S. The van der Waals surface area contributed by atoms with E-state index < -0.39 is 20.7 Å². The van der Waals surface area contributed by atoms with Gasteiger partial charge >= 0.3 is 0 Å². The van der Waals surface area contributed by atoms with Crippen LogP contribution in [0.3, 0.4) is 0 Å². The predicted octanol–water partition coefficient (Wildman–Crippen LogP) is 3.45. The highest BCUT2D eigenvalue weighted by Gasteiger charge is 2.52. The molecule has 2 saturated heterocycles. The number of carbonyl (C=O) groups is 1. The molecule has 0 spiro atoms. The first-order chi connectivity index (χ1) is 18.8. The van der Waals surface area contributed by atoms with Gasteiger partial charge in [0.1, 0.15) is 0 Å². The highest BCUT2D eigenvalue weighted by Crippen LogP contribution is 2.46. The van der Waals surface area contributed by atoms with Gasteiger partial charge in [-0.05, 0) is 63.6 Å². The topological polar surface area (TPSA) is 145 Å². The standard InChI is InChI=1S/C27H30N6O5S/c1-2-37-24-16-28-15-22(31-24)17-3-5-18(6-4-17)30-25(34)27(13-19-7-8-20(14-27)38-19)23-11-12-29-26(32-23)33-39(35,36)21-9-10-21/h3-6,11-12,15-16,19-21H,2,7-10,13-14H2,1H3,(H,30,34)(H,29,32,33). The number of amides is 1. The Morgan fingerprint density at radius 1 is 1.05 bits per heavy atom. The number of aromatic nitrogens is 4. The van der Waals surface area contributed by atoms with E-state index in [1.165, 1.54) is 6.20 Å². The van der Waals surface area contributed by atoms with Crippen LogP contribution in [0.25, 0.3) is 11.3 Å². The molecule has 0 radical (unpaired) electrons. The third-order valence-electron chi connectivity index (χ3n) is 7.47. The Balaban J connectivity index is 1.26. The molecule has 4 heterocycles. The Morgan fingerprint density at radius 3 is 2.49 bits per heavy atom. The van der Waals surface area contributed by atoms with Gasteiger partial charge in [-0.25, -0.2) is 23.4 Å². The van der Waals surface area contributed by atoms with Gasteiger partial charge < -0.3 is 14.8 Å². The van der Waals surface area contributed by atoms with Crippen LogP contribution in [0.15, 0.2) is 48.9 Å². The van der Waals surface area contributed by atoms with Gasteiger partial charge in [-0.2, -0.15) is 0 Å². The maximum absolute atomic E-state index is 14.0. The monoisotopic (exact) mass is 550 g/mol. The van der Waals surface area contributed by atoms with Gasteiger partial charge in [0.15, 0.2) is 0 Å². The molecule has 1 saturated carbocycles. The van der Waals surface area contributed by atoms with Crippen molar-refractivity contribution >= 4 is 27.6 Å². The fourth-order valence-corrected chi connectivity index (χ4v) is 6.67. The molecule has 12 heteroatoms. The first kappa shape index (κ1) is 25.6. The number of nitrogens with zero attached hydrogens (tertiary/aromatic N) is 4. The second kappa shape index (κ2) is 10.2. The molecule has 2 N–H and O–H groups in total. The van der Waals surface area contributed by atoms with E-state index in [4.69, 9.17) is 9.47 Å². The molecule has 1 amide bonds. The zero-order valence-electron chi connectivity index (χ0n) is 21.5. The van der Waals surface area contributed by atoms with Crippen molar-refractivity contribution in [3.8, 4) is 17.1 Å². The Bertz CT molecular complexity index is 1470. The highest BCUT2D eigenvalue weighted by atomic mass is 32.2. The number of hydrogen-bond donors (Lipinski definition) is 2. The van der Waals surface area contributed by atoms with Crippen LogP contribution in [0.1, 0.15) is 51.1 Å². The molecule has 2 aromatic heterocycles. The molecule has 1 aliphatic carbocycles. The summed E-state index contributed by atoms with van der Waals surface area (Å²) in [7, 11) is -3.54. The van der Waals surface area contributed by atoms with Gasteiger partial charge in [-0.1, -0.05) is 12.1 Å². The molecule has 2 atom stereocenters. The summed E-state index contributed by atoms with van der Waals surface area (Å²) < 4.78 is 39.0. The summed E-state index contributed by atoms with van der Waals surface area (Å²) in [6, 6.07) is 9.07. The summed E-state index contributed by atoms with van der Waals surface area (Å²) >= 11 is 0. The molecule has 39 heavy (non-hydrogen) atoms. The van der Waals surface area contributed by atoms with E-state index in [0.717, 1.165) is 18.4 Å². The molecule has 3 aliphatic rings. The Kier molecular flexibility index (Phi) is 6.67. The smallest absolute Gasteiger partial charge is 0.237 e. The van der Waals surface area contributed by atoms with Crippen molar-refractivity contribution in [1.82, 2.24) is 19.9 Å². The molecule has 2 aliphatic heterocycles. The van der Waals surface area contributed by atoms with E-state index in [1.807, 2.05) is 31.2 Å². The van der Waals surface area contributed by atoms with Crippen LogP contribution in [0.5, 0.6) is 5.88 Å². The second-order valence-electron chi connectivity index (χ2n) is 10.3. The molecule has 204 valence electrons. The maximum atomic E-state index is 14.0. The third-order valence-corrected chi connectivity index (χ3v) is 9.28. The SMILES string of the molecule is CCOc1cncc(-c2ccc(NC(=O)C3(c4ccnc(NS(=O)(=O)C5CC5)n4)CC4CCC(C3)O4)cc2)n1. The number of nitrogens with one attached hydrogen (secondary N) is 2. The summed E-state index contributed by atoms with van der Waals surface area (Å²) in [4.78, 5) is 31.3. The number of sulfonamides is 1. The van der Waals surface area contributed by atoms with Crippen molar-refractivity contribution in [2.24, 2.45) is 0 Å². The average molecular weight is 551 g/mol. The van der Waals surface area contributed by atoms with Gasteiger partial charge in [-0.3, -0.25) is 14.5 Å². The predicted molar refractivity (Wildman–Crippen MR) is 144 cm³/mol. The lowest BCUT2D eigenvalue weighted by molar-refractivity contribution is -0.129. The van der Waals surface area contributed by atoms with Crippen LogP contribution in [-0.4, -0.2) is 58.3 Å². The van der Waals surface area contributed by atoms with E-state index in [0.29, 0.717) is 55.2 Å². The number of hydrogen-bond acceptors (Lipinski definition) is 9. The molecule has 3 aromatic rings. The average Bonchev–Trinajstić information content (AvgIpc) is 3.74. The Labute approximate surface area is 226 Å². The minimum absolute atomic E-state index is 0.00911. The number of ether oxygens (including phenoxy) is 2. The molecule has 11 nitrogen and oxygen atoms in total. The van der Waals surface area contributed by atoms with Gasteiger partial charge in [0.2, 0.25) is 27.8 Å². The first-order valence-electron chi connectivity index (χ1n) is 13.2. The number of carbonyl (C=O) groups excluding carboxylic acids is 1. The summed E-state index contributed by atoms with van der Waals surface area (Å²) in [5.74, 6) is 0.237. The lowest BCUT2D eigenvalue weighted by Crippen LogP contribution is -2.48. The lowest BCUT2D eigenvalue weighted by atomic mass is 9.73. The minimum atomic E-state index is -3.54. The van der Waals surface area contributed by atoms with Crippen LogP contribution < -0.4 is 14.8 Å². The van der Waals surface area contributed by atoms with Crippen molar-refractivity contribution in [2.75, 3.05) is 16.6 Å². The van der Waals surface area contributed by atoms with Crippen molar-refractivity contribution in [3.63, 3.8) is 0 Å². The zero-order valence-corrected chi connectivity index (χ0v) is 22.4. The number of rotatable bonds is 9. The number of anilines is 2. The molecule has 3 fully saturated rings. The molecule has 6 rings (SSSR count). The summed E-state index contributed by atoms with van der Waals surface area (Å²) in [5.41, 5.74) is 1.63. The van der Waals surface area contributed by atoms with Crippen molar-refractivity contribution in [1.29, 1.82) is 0 Å². The highest BCUT2D eigenvalue weighted by molar-refractivity contribution is 7.93. The van der Waals surface area contributed by atoms with Crippen molar-refractivity contribution in [3.05, 3.63) is 54.6 Å². The van der Waals surface area contributed by atoms with Crippen molar-refractivity contribution in [2.45, 2.75) is 68.3 Å². The van der Waals surface area contributed by atoms with Crippen LogP contribution in [0, 0.1) is 0 Å². The van der Waals surface area contributed by atoms with Gasteiger partial charge in [0.25, 0.3) is 0 Å². The van der Waals surface area contributed by atoms with Crippen LogP contribution in [0.2, 0.25) is 0 Å². The maximum Gasteiger partial charge on any atom is 0.237 e. The number of benzene rings is 1. The quantitative estimate of drug-likeness (QED) is 0.409. The van der Waals surface area contributed by atoms with E-state index in [1.54, 1.807) is 18.5 Å². The number of fused-ring (bicyclic) bond motifs is 2. The third kappa shape index (κ3) is 5.30. The summed E-state index contributed by atoms with van der Waals surface area (Å²) in [5, 5.41) is 2.67. The Hall–Kier alpha value is -3.64. The van der Waals surface area contributed by atoms with Gasteiger partial charge in [0, 0.05) is 17.4 Å². The molecular weight excluding hydrogens is 520 g/mol. The minimum Gasteiger partial charge on any atom is -0.477 e. The van der Waals surface area contributed by atoms with Gasteiger partial charge in [-0.15, -0.1) is 0 Å².